The lowest BCUT2D eigenvalue weighted by Crippen LogP contribution is -1.94. The second-order valence-electron chi connectivity index (χ2n) is 4.40. The minimum Gasteiger partial charge on any atom is -0.435 e. The Morgan fingerprint density at radius 3 is 2.73 bits per heavy atom. The average molecular weight is 382 g/mol. The van der Waals surface area contributed by atoms with Crippen LogP contribution >= 0.6 is 27.5 Å². The molecule has 0 aliphatic heterocycles. The third-order valence-electron chi connectivity index (χ3n) is 2.97. The number of nitro benzene ring substituents is 1. The minimum atomic E-state index is -0.842. The van der Waals surface area contributed by atoms with Crippen molar-refractivity contribution in [3.05, 3.63) is 56.5 Å². The third-order valence-corrected chi connectivity index (χ3v) is 3.67. The third kappa shape index (κ3) is 2.60. The number of hydrogen-bond donors (Lipinski definition) is 0. The molecule has 0 saturated heterocycles. The molecule has 0 radical (unpaired) electrons. The van der Waals surface area contributed by atoms with Gasteiger partial charge in [0, 0.05) is 22.2 Å². The zero-order valence-electron chi connectivity index (χ0n) is 10.7. The van der Waals surface area contributed by atoms with Crippen LogP contribution in [-0.2, 0) is 0 Å². The number of oxazole rings is 1. The van der Waals surface area contributed by atoms with Gasteiger partial charge in [-0.2, -0.15) is 0 Å². The molecular weight excluding hydrogens is 376 g/mol. The largest absolute Gasteiger partial charge is 0.435 e. The molecule has 22 heavy (non-hydrogen) atoms. The highest BCUT2D eigenvalue weighted by Gasteiger charge is 2.21. The summed E-state index contributed by atoms with van der Waals surface area (Å²) in [5.74, 6) is 0.246. The summed E-state index contributed by atoms with van der Waals surface area (Å²) in [4.78, 5) is 26.0. The molecule has 0 bridgehead atoms. The summed E-state index contributed by atoms with van der Waals surface area (Å²) in [6.07, 6.45) is 0. The molecule has 0 amide bonds. The zero-order valence-corrected chi connectivity index (χ0v) is 13.1. The quantitative estimate of drug-likeness (QED) is 0.377. The maximum absolute atomic E-state index is 11.5. The van der Waals surface area contributed by atoms with E-state index in [4.69, 9.17) is 16.0 Å². The normalized spacial score (nSPS) is 10.8. The standard InChI is InChI=1S/C14H6BrClN2O4/c15-8-3-1-2-7(4-8)14-17-11-6-9(18(20)21)5-10(13(16)19)12(11)22-14/h1-6H. The van der Waals surface area contributed by atoms with Gasteiger partial charge in [-0.25, -0.2) is 4.98 Å². The fourth-order valence-corrected chi connectivity index (χ4v) is 2.55. The van der Waals surface area contributed by atoms with Gasteiger partial charge in [0.25, 0.3) is 10.9 Å². The van der Waals surface area contributed by atoms with E-state index in [1.54, 1.807) is 18.2 Å². The lowest BCUT2D eigenvalue weighted by molar-refractivity contribution is -0.384. The first kappa shape index (κ1) is 14.7. The van der Waals surface area contributed by atoms with Crippen LogP contribution in [0.3, 0.4) is 0 Å². The Labute approximate surface area is 137 Å². The van der Waals surface area contributed by atoms with Gasteiger partial charge in [0.05, 0.1) is 10.5 Å². The van der Waals surface area contributed by atoms with Gasteiger partial charge in [0.2, 0.25) is 5.89 Å². The predicted octanol–water partition coefficient (Wildman–Crippen LogP) is 4.54. The highest BCUT2D eigenvalue weighted by Crippen LogP contribution is 2.31. The van der Waals surface area contributed by atoms with Gasteiger partial charge in [-0.3, -0.25) is 14.9 Å². The Kier molecular flexibility index (Phi) is 3.67. The molecule has 8 heteroatoms. The van der Waals surface area contributed by atoms with Crippen molar-refractivity contribution in [2.75, 3.05) is 0 Å². The van der Waals surface area contributed by atoms with Crippen LogP contribution in [0.1, 0.15) is 10.4 Å². The monoisotopic (exact) mass is 380 g/mol. The number of halogens is 2. The van der Waals surface area contributed by atoms with E-state index in [9.17, 15) is 14.9 Å². The molecule has 6 nitrogen and oxygen atoms in total. The second kappa shape index (κ2) is 5.51. The summed E-state index contributed by atoms with van der Waals surface area (Å²) in [6.45, 7) is 0. The van der Waals surface area contributed by atoms with Crippen LogP contribution in [0.25, 0.3) is 22.6 Å². The minimum absolute atomic E-state index is 0.0837. The molecular formula is C14H6BrClN2O4. The number of carbonyl (C=O) groups excluding carboxylic acids is 1. The highest BCUT2D eigenvalue weighted by molar-refractivity contribution is 9.10. The Morgan fingerprint density at radius 2 is 2.09 bits per heavy atom. The van der Waals surface area contributed by atoms with Crippen LogP contribution in [0.4, 0.5) is 5.69 Å². The van der Waals surface area contributed by atoms with Gasteiger partial charge >= 0.3 is 0 Å². The number of fused-ring (bicyclic) bond motifs is 1. The maximum Gasteiger partial charge on any atom is 0.272 e. The number of nitrogens with zero attached hydrogens (tertiary/aromatic N) is 2. The second-order valence-corrected chi connectivity index (χ2v) is 5.66. The van der Waals surface area contributed by atoms with Gasteiger partial charge in [0.1, 0.15) is 5.52 Å². The number of nitro groups is 1. The lowest BCUT2D eigenvalue weighted by atomic mass is 10.2. The van der Waals surface area contributed by atoms with Gasteiger partial charge in [-0.15, -0.1) is 0 Å². The predicted molar refractivity (Wildman–Crippen MR) is 84.0 cm³/mol. The van der Waals surface area contributed by atoms with Crippen molar-refractivity contribution in [1.82, 2.24) is 4.98 Å². The van der Waals surface area contributed by atoms with E-state index in [-0.39, 0.29) is 28.2 Å². The van der Waals surface area contributed by atoms with E-state index in [0.717, 1.165) is 10.5 Å². The van der Waals surface area contributed by atoms with Crippen molar-refractivity contribution >= 4 is 49.6 Å². The Hall–Kier alpha value is -2.25. The van der Waals surface area contributed by atoms with E-state index in [0.29, 0.717) is 5.56 Å². The molecule has 2 aromatic carbocycles. The number of hydrogen-bond acceptors (Lipinski definition) is 5. The molecule has 0 saturated carbocycles. The van der Waals surface area contributed by atoms with E-state index in [2.05, 4.69) is 20.9 Å². The number of carbonyl (C=O) groups is 1. The number of rotatable bonds is 3. The van der Waals surface area contributed by atoms with E-state index >= 15 is 0 Å². The van der Waals surface area contributed by atoms with Crippen molar-refractivity contribution in [1.29, 1.82) is 0 Å². The highest BCUT2D eigenvalue weighted by atomic mass is 79.9. The summed E-state index contributed by atoms with van der Waals surface area (Å²) in [5.41, 5.74) is 0.639. The Bertz CT molecular complexity index is 922. The fraction of sp³-hybridized carbons (Fsp3) is 0. The van der Waals surface area contributed by atoms with Crippen molar-refractivity contribution < 1.29 is 14.1 Å². The molecule has 0 aliphatic rings. The molecule has 0 spiro atoms. The van der Waals surface area contributed by atoms with Gasteiger partial charge in [-0.05, 0) is 29.8 Å². The summed E-state index contributed by atoms with van der Waals surface area (Å²) >= 11 is 8.82. The smallest absolute Gasteiger partial charge is 0.272 e. The first-order valence-corrected chi connectivity index (χ1v) is 7.17. The molecule has 0 atom stereocenters. The average Bonchev–Trinajstić information content (AvgIpc) is 2.89. The van der Waals surface area contributed by atoms with Crippen LogP contribution in [0.15, 0.2) is 45.3 Å². The van der Waals surface area contributed by atoms with Crippen LogP contribution < -0.4 is 0 Å². The molecule has 3 rings (SSSR count). The molecule has 0 aliphatic carbocycles. The Balaban J connectivity index is 2.26. The molecule has 110 valence electrons. The van der Waals surface area contributed by atoms with E-state index in [1.807, 2.05) is 6.07 Å². The summed E-state index contributed by atoms with van der Waals surface area (Å²) in [5, 5.41) is 10.1. The summed E-state index contributed by atoms with van der Waals surface area (Å²) in [7, 11) is 0. The van der Waals surface area contributed by atoms with E-state index in [1.165, 1.54) is 6.07 Å². The fourth-order valence-electron chi connectivity index (χ4n) is 2.01. The summed E-state index contributed by atoms with van der Waals surface area (Å²) < 4.78 is 6.40. The summed E-state index contributed by atoms with van der Waals surface area (Å²) in [6, 6.07) is 9.50. The van der Waals surface area contributed by atoms with Gasteiger partial charge < -0.3 is 4.42 Å². The van der Waals surface area contributed by atoms with E-state index < -0.39 is 10.2 Å². The van der Waals surface area contributed by atoms with Crippen LogP contribution in [-0.4, -0.2) is 15.1 Å². The van der Waals surface area contributed by atoms with Gasteiger partial charge in [-0.1, -0.05) is 22.0 Å². The molecule has 0 unspecified atom stereocenters. The van der Waals surface area contributed by atoms with Crippen molar-refractivity contribution in [2.45, 2.75) is 0 Å². The van der Waals surface area contributed by atoms with Gasteiger partial charge in [0.15, 0.2) is 5.58 Å². The molecule has 1 heterocycles. The zero-order chi connectivity index (χ0) is 15.9. The SMILES string of the molecule is O=C(Cl)c1cc([N+](=O)[O-])cc2nc(-c3cccc(Br)c3)oc12. The molecule has 3 aromatic rings. The van der Waals surface area contributed by atoms with Crippen molar-refractivity contribution in [3.63, 3.8) is 0 Å². The number of non-ortho nitro benzene ring substituents is 1. The first-order chi connectivity index (χ1) is 10.5. The van der Waals surface area contributed by atoms with Crippen LogP contribution in [0.2, 0.25) is 0 Å². The lowest BCUT2D eigenvalue weighted by Gasteiger charge is -1.96. The number of benzene rings is 2. The topological polar surface area (TPSA) is 86.2 Å². The van der Waals surface area contributed by atoms with Crippen LogP contribution in [0.5, 0.6) is 0 Å². The van der Waals surface area contributed by atoms with Crippen molar-refractivity contribution in [3.8, 4) is 11.5 Å². The number of aromatic nitrogens is 1. The maximum atomic E-state index is 11.5. The molecule has 0 fully saturated rings. The van der Waals surface area contributed by atoms with Crippen LogP contribution in [0, 0.1) is 10.1 Å². The first-order valence-electron chi connectivity index (χ1n) is 6.00. The molecule has 0 N–H and O–H groups in total. The van der Waals surface area contributed by atoms with Crippen molar-refractivity contribution in [2.24, 2.45) is 0 Å². The Morgan fingerprint density at radius 1 is 1.32 bits per heavy atom. The molecule has 1 aromatic heterocycles.